The molecule has 0 aromatic rings. The predicted molar refractivity (Wildman–Crippen MR) is 254 cm³/mol. The third-order valence-corrected chi connectivity index (χ3v) is 12.9. The van der Waals surface area contributed by atoms with Crippen molar-refractivity contribution in [1.82, 2.24) is 5.32 Å². The fourth-order valence-electron chi connectivity index (χ4n) is 8.63. The van der Waals surface area contributed by atoms with Crippen LogP contribution in [-0.4, -0.2) is 87.5 Å². The van der Waals surface area contributed by atoms with Crippen molar-refractivity contribution in [3.05, 3.63) is 12.2 Å². The van der Waals surface area contributed by atoms with E-state index in [0.717, 1.165) is 38.5 Å². The Kier molecular flexibility index (Phi) is 40.7. The van der Waals surface area contributed by atoms with Gasteiger partial charge in [0.1, 0.15) is 24.4 Å². The Balaban J connectivity index is 2.19. The maximum Gasteiger partial charge on any atom is 0.220 e. The van der Waals surface area contributed by atoms with E-state index in [1.807, 2.05) is 6.08 Å². The number of rotatable bonds is 45. The zero-order chi connectivity index (χ0) is 44.4. The van der Waals surface area contributed by atoms with E-state index in [2.05, 4.69) is 19.2 Å². The number of unbranched alkanes of at least 4 members (excludes halogenated alkanes) is 35. The lowest BCUT2D eigenvalue weighted by atomic mass is 9.99. The van der Waals surface area contributed by atoms with Crippen LogP contribution in [0.2, 0.25) is 0 Å². The molecule has 1 aliphatic rings. The second kappa shape index (κ2) is 42.9. The van der Waals surface area contributed by atoms with E-state index in [0.29, 0.717) is 6.42 Å². The molecule has 0 saturated carbocycles. The van der Waals surface area contributed by atoms with Crippen LogP contribution in [0.5, 0.6) is 0 Å². The summed E-state index contributed by atoms with van der Waals surface area (Å²) in [7, 11) is 0. The van der Waals surface area contributed by atoms with Crippen molar-refractivity contribution in [3.63, 3.8) is 0 Å². The van der Waals surface area contributed by atoms with Gasteiger partial charge in [0.2, 0.25) is 5.91 Å². The number of nitrogens with one attached hydrogen (secondary N) is 1. The van der Waals surface area contributed by atoms with Crippen molar-refractivity contribution in [3.8, 4) is 0 Å². The number of hydrogen-bond acceptors (Lipinski definition) is 8. The van der Waals surface area contributed by atoms with Crippen LogP contribution in [0.1, 0.15) is 258 Å². The van der Waals surface area contributed by atoms with Crippen molar-refractivity contribution in [2.24, 2.45) is 0 Å². The summed E-state index contributed by atoms with van der Waals surface area (Å²) in [5, 5.41) is 54.3. The second-order valence-electron chi connectivity index (χ2n) is 18.7. The van der Waals surface area contributed by atoms with Crippen LogP contribution in [0.15, 0.2) is 12.2 Å². The summed E-state index contributed by atoms with van der Waals surface area (Å²) < 4.78 is 11.2. The van der Waals surface area contributed by atoms with E-state index in [4.69, 9.17) is 9.47 Å². The number of amides is 1. The van der Waals surface area contributed by atoms with Gasteiger partial charge in [0.15, 0.2) is 6.29 Å². The quantitative estimate of drug-likeness (QED) is 0.0262. The summed E-state index contributed by atoms with van der Waals surface area (Å²) in [5.74, 6) is -0.175. The van der Waals surface area contributed by atoms with E-state index in [-0.39, 0.29) is 12.5 Å². The fourth-order valence-corrected chi connectivity index (χ4v) is 8.63. The standard InChI is InChI=1S/C52H101NO8/c1-3-5-7-9-11-13-15-16-17-18-19-20-21-22-23-24-25-26-27-28-29-30-32-33-35-37-39-41-46(55)45(44-60-52-51(59)50(58)49(57)47(43-54)61-52)53-48(56)42-40-38-36-34-31-14-12-10-8-6-4-2/h39,41,45-47,49-52,54-55,57-59H,3-38,40,42-44H2,1-2H3,(H,53,56)/b41-39+. The van der Waals surface area contributed by atoms with Crippen molar-refractivity contribution >= 4 is 5.91 Å². The summed E-state index contributed by atoms with van der Waals surface area (Å²) in [6.45, 7) is 3.79. The predicted octanol–water partition coefficient (Wildman–Crippen LogP) is 12.1. The minimum Gasteiger partial charge on any atom is -0.394 e. The van der Waals surface area contributed by atoms with Crippen LogP contribution < -0.4 is 5.32 Å². The summed E-state index contributed by atoms with van der Waals surface area (Å²) in [6, 6.07) is -0.798. The van der Waals surface area contributed by atoms with Gasteiger partial charge in [0, 0.05) is 6.42 Å². The van der Waals surface area contributed by atoms with E-state index < -0.39 is 49.5 Å². The molecule has 7 unspecified atom stereocenters. The van der Waals surface area contributed by atoms with E-state index in [1.54, 1.807) is 6.08 Å². The first-order valence-corrected chi connectivity index (χ1v) is 26.4. The zero-order valence-electron chi connectivity index (χ0n) is 39.9. The van der Waals surface area contributed by atoms with Gasteiger partial charge in [0.05, 0.1) is 25.4 Å². The van der Waals surface area contributed by atoms with Gasteiger partial charge in [0.25, 0.3) is 0 Å². The Morgan fingerprint density at radius 1 is 0.541 bits per heavy atom. The monoisotopic (exact) mass is 868 g/mol. The number of carbonyl (C=O) groups excluding carboxylic acids is 1. The van der Waals surface area contributed by atoms with Gasteiger partial charge >= 0.3 is 0 Å². The molecule has 1 aliphatic heterocycles. The molecule has 0 spiro atoms. The SMILES string of the molecule is CCCCCCCCCCCCCCCCCCCCCCCCCCC/C=C/C(O)C(COC1OC(CO)C(O)C(O)C1O)NC(=O)CCCCCCCCCCCCC. The lowest BCUT2D eigenvalue weighted by Gasteiger charge is -2.40. The topological polar surface area (TPSA) is 149 Å². The Hall–Kier alpha value is -1.07. The van der Waals surface area contributed by atoms with E-state index in [1.165, 1.54) is 199 Å². The van der Waals surface area contributed by atoms with Crippen LogP contribution in [0, 0.1) is 0 Å². The van der Waals surface area contributed by atoms with Gasteiger partial charge in [-0.2, -0.15) is 0 Å². The molecule has 362 valence electrons. The van der Waals surface area contributed by atoms with Crippen molar-refractivity contribution in [2.45, 2.75) is 301 Å². The number of carbonyl (C=O) groups is 1. The Morgan fingerprint density at radius 2 is 0.902 bits per heavy atom. The van der Waals surface area contributed by atoms with Crippen molar-refractivity contribution < 1.29 is 39.8 Å². The van der Waals surface area contributed by atoms with Crippen LogP contribution >= 0.6 is 0 Å². The minimum atomic E-state index is -1.56. The average molecular weight is 868 g/mol. The molecule has 6 N–H and O–H groups in total. The smallest absolute Gasteiger partial charge is 0.220 e. The lowest BCUT2D eigenvalue weighted by molar-refractivity contribution is -0.302. The molecule has 0 bridgehead atoms. The maximum atomic E-state index is 12.9. The molecule has 9 nitrogen and oxygen atoms in total. The molecular formula is C52H101NO8. The summed E-state index contributed by atoms with van der Waals surface area (Å²) in [6.07, 6.45) is 44.3. The number of allylic oxidation sites excluding steroid dienone is 1. The van der Waals surface area contributed by atoms with Gasteiger partial charge in [-0.15, -0.1) is 0 Å². The van der Waals surface area contributed by atoms with Crippen molar-refractivity contribution in [1.29, 1.82) is 0 Å². The number of ether oxygens (including phenoxy) is 2. The summed E-state index contributed by atoms with van der Waals surface area (Å²) >= 11 is 0. The molecule has 9 heteroatoms. The molecule has 1 fully saturated rings. The highest BCUT2D eigenvalue weighted by atomic mass is 16.7. The largest absolute Gasteiger partial charge is 0.394 e. The molecule has 0 aromatic carbocycles. The third kappa shape index (κ3) is 33.1. The molecule has 1 amide bonds. The first kappa shape index (κ1) is 57.9. The van der Waals surface area contributed by atoms with E-state index >= 15 is 0 Å². The molecule has 1 saturated heterocycles. The molecule has 0 aromatic heterocycles. The van der Waals surface area contributed by atoms with Gasteiger partial charge in [-0.25, -0.2) is 0 Å². The van der Waals surface area contributed by atoms with Crippen LogP contribution in [0.4, 0.5) is 0 Å². The average Bonchev–Trinajstić information content (AvgIpc) is 3.26. The van der Waals surface area contributed by atoms with Crippen LogP contribution in [0.25, 0.3) is 0 Å². The first-order chi connectivity index (χ1) is 29.8. The second-order valence-corrected chi connectivity index (χ2v) is 18.7. The normalized spacial score (nSPS) is 20.4. The number of aliphatic hydroxyl groups is 5. The first-order valence-electron chi connectivity index (χ1n) is 26.4. The van der Waals surface area contributed by atoms with Crippen LogP contribution in [-0.2, 0) is 14.3 Å². The van der Waals surface area contributed by atoms with Gasteiger partial charge < -0.3 is 40.3 Å². The summed E-state index contributed by atoms with van der Waals surface area (Å²) in [5.41, 5.74) is 0. The molecule has 0 radical (unpaired) electrons. The third-order valence-electron chi connectivity index (χ3n) is 12.9. The number of hydrogen-bond donors (Lipinski definition) is 6. The Labute approximate surface area is 376 Å². The Morgan fingerprint density at radius 3 is 1.28 bits per heavy atom. The van der Waals surface area contributed by atoms with E-state index in [9.17, 15) is 30.3 Å². The number of aliphatic hydroxyl groups excluding tert-OH is 5. The zero-order valence-corrected chi connectivity index (χ0v) is 39.9. The molecule has 1 rings (SSSR count). The highest BCUT2D eigenvalue weighted by molar-refractivity contribution is 5.76. The maximum absolute atomic E-state index is 12.9. The summed E-state index contributed by atoms with van der Waals surface area (Å²) in [4.78, 5) is 12.9. The molecular weight excluding hydrogens is 767 g/mol. The molecule has 61 heavy (non-hydrogen) atoms. The highest BCUT2D eigenvalue weighted by Gasteiger charge is 2.44. The van der Waals surface area contributed by atoms with Gasteiger partial charge in [-0.3, -0.25) is 4.79 Å². The van der Waals surface area contributed by atoms with Gasteiger partial charge in [-0.05, 0) is 19.3 Å². The molecule has 7 atom stereocenters. The Bertz CT molecular complexity index is 966. The lowest BCUT2D eigenvalue weighted by Crippen LogP contribution is -2.60. The fraction of sp³-hybridized carbons (Fsp3) is 0.942. The highest BCUT2D eigenvalue weighted by Crippen LogP contribution is 2.23. The van der Waals surface area contributed by atoms with Gasteiger partial charge in [-0.1, -0.05) is 244 Å². The molecule has 0 aliphatic carbocycles. The molecule has 1 heterocycles. The van der Waals surface area contributed by atoms with Crippen molar-refractivity contribution in [2.75, 3.05) is 13.2 Å². The van der Waals surface area contributed by atoms with Crippen LogP contribution in [0.3, 0.4) is 0 Å². The minimum absolute atomic E-state index is 0.175.